The van der Waals surface area contributed by atoms with Gasteiger partial charge < -0.3 is 15.0 Å². The average Bonchev–Trinajstić information content (AvgIpc) is 3.20. The minimum atomic E-state index is 0.304. The minimum Gasteiger partial charge on any atom is -0.383 e. The Morgan fingerprint density at radius 3 is 2.79 bits per heavy atom. The molecule has 1 aromatic carbocycles. The molecule has 0 aliphatic heterocycles. The van der Waals surface area contributed by atoms with Gasteiger partial charge in [0.05, 0.1) is 17.3 Å². The molecule has 106 valence electrons. The third-order valence-corrected chi connectivity index (χ3v) is 3.94. The third kappa shape index (κ3) is 4.10. The van der Waals surface area contributed by atoms with Crippen LogP contribution in [0.1, 0.15) is 25.3 Å². The smallest absolute Gasteiger partial charge is 0.0663 e. The van der Waals surface area contributed by atoms with E-state index in [1.54, 1.807) is 7.11 Å². The van der Waals surface area contributed by atoms with Gasteiger partial charge in [-0.1, -0.05) is 17.7 Å². The zero-order valence-corrected chi connectivity index (χ0v) is 12.7. The summed E-state index contributed by atoms with van der Waals surface area (Å²) in [6, 6.07) is 7.33. The van der Waals surface area contributed by atoms with Crippen molar-refractivity contribution in [3.05, 3.63) is 28.8 Å². The summed E-state index contributed by atoms with van der Waals surface area (Å²) in [4.78, 5) is 2.16. The molecular formula is C15H23ClN2O. The monoisotopic (exact) mass is 282 g/mol. The molecule has 0 amide bonds. The molecule has 4 heteroatoms. The van der Waals surface area contributed by atoms with Crippen LogP contribution < -0.4 is 10.2 Å². The van der Waals surface area contributed by atoms with E-state index in [2.05, 4.69) is 35.3 Å². The highest BCUT2D eigenvalue weighted by Gasteiger charge is 2.20. The maximum absolute atomic E-state index is 6.39. The Morgan fingerprint density at radius 1 is 1.47 bits per heavy atom. The fraction of sp³-hybridized carbons (Fsp3) is 0.600. The molecule has 2 rings (SSSR count). The van der Waals surface area contributed by atoms with Crippen LogP contribution in [0.5, 0.6) is 0 Å². The summed E-state index contributed by atoms with van der Waals surface area (Å²) in [5.74, 6) is 0. The first-order valence-corrected chi connectivity index (χ1v) is 7.23. The highest BCUT2D eigenvalue weighted by atomic mass is 35.5. The highest BCUT2D eigenvalue weighted by Crippen LogP contribution is 2.28. The van der Waals surface area contributed by atoms with Crippen molar-refractivity contribution in [2.75, 3.05) is 25.7 Å². The summed E-state index contributed by atoms with van der Waals surface area (Å²) in [7, 11) is 3.77. The Bertz CT molecular complexity index is 421. The number of halogens is 1. The van der Waals surface area contributed by atoms with E-state index >= 15 is 0 Å². The number of anilines is 1. The zero-order chi connectivity index (χ0) is 13.8. The average molecular weight is 283 g/mol. The Morgan fingerprint density at radius 2 is 2.21 bits per heavy atom. The van der Waals surface area contributed by atoms with Gasteiger partial charge >= 0.3 is 0 Å². The van der Waals surface area contributed by atoms with Gasteiger partial charge in [0.1, 0.15) is 0 Å². The lowest BCUT2D eigenvalue weighted by atomic mass is 10.1. The fourth-order valence-electron chi connectivity index (χ4n) is 2.09. The van der Waals surface area contributed by atoms with Crippen molar-refractivity contribution in [2.24, 2.45) is 0 Å². The fourth-order valence-corrected chi connectivity index (χ4v) is 2.42. The summed E-state index contributed by atoms with van der Waals surface area (Å²) in [5.41, 5.74) is 2.30. The minimum absolute atomic E-state index is 0.304. The highest BCUT2D eigenvalue weighted by molar-refractivity contribution is 6.33. The number of hydrogen-bond acceptors (Lipinski definition) is 3. The van der Waals surface area contributed by atoms with Crippen LogP contribution >= 0.6 is 11.6 Å². The predicted molar refractivity (Wildman–Crippen MR) is 81.1 cm³/mol. The summed E-state index contributed by atoms with van der Waals surface area (Å²) in [6.45, 7) is 3.72. The van der Waals surface area contributed by atoms with Gasteiger partial charge in [-0.3, -0.25) is 0 Å². The second-order valence-corrected chi connectivity index (χ2v) is 5.76. The van der Waals surface area contributed by atoms with Crippen LogP contribution in [-0.4, -0.2) is 32.8 Å². The molecule has 0 bridgehead atoms. The molecule has 1 fully saturated rings. The van der Waals surface area contributed by atoms with E-state index in [-0.39, 0.29) is 0 Å². The molecule has 0 spiro atoms. The number of nitrogens with one attached hydrogen (secondary N) is 1. The van der Waals surface area contributed by atoms with Gasteiger partial charge in [-0.05, 0) is 37.5 Å². The quantitative estimate of drug-likeness (QED) is 0.832. The molecule has 1 aromatic rings. The molecule has 1 unspecified atom stereocenters. The largest absolute Gasteiger partial charge is 0.383 e. The van der Waals surface area contributed by atoms with Crippen LogP contribution in [0.4, 0.5) is 5.69 Å². The predicted octanol–water partition coefficient (Wildman–Crippen LogP) is 3.06. The van der Waals surface area contributed by atoms with Crippen molar-refractivity contribution in [2.45, 2.75) is 38.4 Å². The molecule has 1 aliphatic rings. The van der Waals surface area contributed by atoms with Gasteiger partial charge in [-0.2, -0.15) is 0 Å². The van der Waals surface area contributed by atoms with E-state index in [0.717, 1.165) is 23.3 Å². The van der Waals surface area contributed by atoms with Crippen molar-refractivity contribution >= 4 is 17.3 Å². The number of ether oxygens (including phenoxy) is 1. The van der Waals surface area contributed by atoms with Crippen molar-refractivity contribution in [1.82, 2.24) is 5.32 Å². The number of nitrogens with zero attached hydrogens (tertiary/aromatic N) is 1. The molecule has 0 saturated heterocycles. The maximum atomic E-state index is 6.39. The molecule has 1 saturated carbocycles. The topological polar surface area (TPSA) is 24.5 Å². The van der Waals surface area contributed by atoms with Gasteiger partial charge in [0, 0.05) is 32.8 Å². The van der Waals surface area contributed by atoms with E-state index in [0.29, 0.717) is 12.6 Å². The van der Waals surface area contributed by atoms with Crippen LogP contribution in [-0.2, 0) is 11.3 Å². The van der Waals surface area contributed by atoms with Crippen molar-refractivity contribution in [3.63, 3.8) is 0 Å². The summed E-state index contributed by atoms with van der Waals surface area (Å²) >= 11 is 6.39. The molecule has 19 heavy (non-hydrogen) atoms. The SMILES string of the molecule is COCC(C)N(C)c1ccc(CNC2CC2)cc1Cl. The van der Waals surface area contributed by atoms with Crippen molar-refractivity contribution in [3.8, 4) is 0 Å². The first-order chi connectivity index (χ1) is 9.11. The van der Waals surface area contributed by atoms with Crippen LogP contribution in [0.2, 0.25) is 5.02 Å². The van der Waals surface area contributed by atoms with Gasteiger partial charge in [0.15, 0.2) is 0 Å². The van der Waals surface area contributed by atoms with E-state index in [4.69, 9.17) is 16.3 Å². The second kappa shape index (κ2) is 6.60. The van der Waals surface area contributed by atoms with Gasteiger partial charge in [0.25, 0.3) is 0 Å². The molecular weight excluding hydrogens is 260 g/mol. The first-order valence-electron chi connectivity index (χ1n) is 6.85. The number of benzene rings is 1. The van der Waals surface area contributed by atoms with Gasteiger partial charge in [-0.25, -0.2) is 0 Å². The second-order valence-electron chi connectivity index (χ2n) is 5.36. The third-order valence-electron chi connectivity index (χ3n) is 3.63. The van der Waals surface area contributed by atoms with Gasteiger partial charge in [-0.15, -0.1) is 0 Å². The zero-order valence-electron chi connectivity index (χ0n) is 11.9. The van der Waals surface area contributed by atoms with E-state index < -0.39 is 0 Å². The van der Waals surface area contributed by atoms with E-state index in [9.17, 15) is 0 Å². The Hall–Kier alpha value is -0.770. The molecule has 1 N–H and O–H groups in total. The number of methoxy groups -OCH3 is 1. The Labute approximate surface area is 120 Å². The number of hydrogen-bond donors (Lipinski definition) is 1. The summed E-state index contributed by atoms with van der Waals surface area (Å²) in [5, 5.41) is 4.31. The van der Waals surface area contributed by atoms with E-state index in [1.807, 2.05) is 7.05 Å². The van der Waals surface area contributed by atoms with Gasteiger partial charge in [0.2, 0.25) is 0 Å². The molecule has 0 radical (unpaired) electrons. The van der Waals surface area contributed by atoms with Crippen LogP contribution in [0, 0.1) is 0 Å². The Balaban J connectivity index is 2.00. The number of rotatable bonds is 7. The lowest BCUT2D eigenvalue weighted by Crippen LogP contribution is -2.32. The molecule has 0 heterocycles. The van der Waals surface area contributed by atoms with Crippen molar-refractivity contribution in [1.29, 1.82) is 0 Å². The first kappa shape index (κ1) is 14.6. The number of likely N-dealkylation sites (N-methyl/N-ethyl adjacent to an activating group) is 1. The normalized spacial score (nSPS) is 16.4. The maximum Gasteiger partial charge on any atom is 0.0663 e. The molecule has 1 atom stereocenters. The molecule has 0 aromatic heterocycles. The standard InChI is InChI=1S/C15H23ClN2O/c1-11(10-19-3)18(2)15-7-4-12(8-14(15)16)9-17-13-5-6-13/h4,7-8,11,13,17H,5-6,9-10H2,1-3H3. The van der Waals surface area contributed by atoms with Crippen LogP contribution in [0.15, 0.2) is 18.2 Å². The molecule has 1 aliphatic carbocycles. The summed E-state index contributed by atoms with van der Waals surface area (Å²) < 4.78 is 5.19. The van der Waals surface area contributed by atoms with Crippen molar-refractivity contribution < 1.29 is 4.74 Å². The van der Waals surface area contributed by atoms with E-state index in [1.165, 1.54) is 18.4 Å². The van der Waals surface area contributed by atoms with Crippen LogP contribution in [0.25, 0.3) is 0 Å². The molecule has 3 nitrogen and oxygen atoms in total. The lowest BCUT2D eigenvalue weighted by Gasteiger charge is -2.27. The lowest BCUT2D eigenvalue weighted by molar-refractivity contribution is 0.183. The van der Waals surface area contributed by atoms with Crippen LogP contribution in [0.3, 0.4) is 0 Å². The summed E-state index contributed by atoms with van der Waals surface area (Å²) in [6.07, 6.45) is 2.62. The Kier molecular flexibility index (Phi) is 5.08.